The average molecular weight is 224 g/mol. The molecule has 1 N–H and O–H groups in total. The van der Waals surface area contributed by atoms with Gasteiger partial charge in [0.1, 0.15) is 0 Å². The minimum atomic E-state index is -0.382. The Morgan fingerprint density at radius 3 is 2.56 bits per heavy atom. The van der Waals surface area contributed by atoms with Gasteiger partial charge >= 0.3 is 0 Å². The van der Waals surface area contributed by atoms with E-state index in [1.54, 1.807) is 4.68 Å². The third-order valence-corrected chi connectivity index (χ3v) is 2.91. The third kappa shape index (κ3) is 4.79. The molecule has 0 aliphatic heterocycles. The number of aromatic nitrogens is 2. The number of rotatable bonds is 8. The first-order valence-corrected chi connectivity index (χ1v) is 6.41. The smallest absolute Gasteiger partial charge is 0.0978 e. The Morgan fingerprint density at radius 1 is 1.25 bits per heavy atom. The van der Waals surface area contributed by atoms with Crippen molar-refractivity contribution >= 4 is 0 Å². The van der Waals surface area contributed by atoms with Crippen LogP contribution in [0.15, 0.2) is 12.3 Å². The van der Waals surface area contributed by atoms with Gasteiger partial charge in [-0.15, -0.1) is 0 Å². The van der Waals surface area contributed by atoms with Gasteiger partial charge in [-0.25, -0.2) is 0 Å². The standard InChI is InChI=1S/C13H24N2O/c1-3-4-5-6-7-8-9-13(16)12-10-11-15(2)14-12/h10-11,13,16H,3-9H2,1-2H3. The van der Waals surface area contributed by atoms with Crippen molar-refractivity contribution in [3.05, 3.63) is 18.0 Å². The van der Waals surface area contributed by atoms with Gasteiger partial charge in [-0.1, -0.05) is 45.4 Å². The van der Waals surface area contributed by atoms with Crippen LogP contribution in [0.4, 0.5) is 0 Å². The Balaban J connectivity index is 2.09. The van der Waals surface area contributed by atoms with E-state index in [4.69, 9.17) is 0 Å². The number of nitrogens with zero attached hydrogens (tertiary/aromatic N) is 2. The fourth-order valence-electron chi connectivity index (χ4n) is 1.88. The Labute approximate surface area is 98.5 Å². The van der Waals surface area contributed by atoms with Crippen LogP contribution in [0.2, 0.25) is 0 Å². The summed E-state index contributed by atoms with van der Waals surface area (Å²) in [7, 11) is 1.88. The molecular weight excluding hydrogens is 200 g/mol. The predicted molar refractivity (Wildman–Crippen MR) is 66.2 cm³/mol. The van der Waals surface area contributed by atoms with Crippen molar-refractivity contribution in [2.24, 2.45) is 7.05 Å². The van der Waals surface area contributed by atoms with E-state index in [0.717, 1.165) is 18.5 Å². The number of aryl methyl sites for hydroxylation is 1. The molecule has 1 aromatic rings. The van der Waals surface area contributed by atoms with Crippen molar-refractivity contribution in [3.63, 3.8) is 0 Å². The molecule has 16 heavy (non-hydrogen) atoms. The van der Waals surface area contributed by atoms with E-state index < -0.39 is 0 Å². The molecule has 92 valence electrons. The summed E-state index contributed by atoms with van der Waals surface area (Å²) in [4.78, 5) is 0. The molecule has 0 amide bonds. The summed E-state index contributed by atoms with van der Waals surface area (Å²) in [6, 6.07) is 1.89. The van der Waals surface area contributed by atoms with Crippen LogP contribution in [-0.4, -0.2) is 14.9 Å². The minimum absolute atomic E-state index is 0.382. The van der Waals surface area contributed by atoms with Crippen LogP contribution < -0.4 is 0 Å². The van der Waals surface area contributed by atoms with Gasteiger partial charge in [0.25, 0.3) is 0 Å². The SMILES string of the molecule is CCCCCCCCC(O)c1ccn(C)n1. The minimum Gasteiger partial charge on any atom is -0.387 e. The van der Waals surface area contributed by atoms with Crippen molar-refractivity contribution in [1.82, 2.24) is 9.78 Å². The molecule has 0 fully saturated rings. The third-order valence-electron chi connectivity index (χ3n) is 2.91. The zero-order chi connectivity index (χ0) is 11.8. The maximum atomic E-state index is 9.86. The molecule has 0 spiro atoms. The molecule has 0 radical (unpaired) electrons. The fourth-order valence-corrected chi connectivity index (χ4v) is 1.88. The Kier molecular flexibility index (Phi) is 6.16. The lowest BCUT2D eigenvalue weighted by atomic mass is 10.1. The molecule has 1 unspecified atom stereocenters. The van der Waals surface area contributed by atoms with Crippen LogP contribution in [0, 0.1) is 0 Å². The topological polar surface area (TPSA) is 38.0 Å². The molecule has 3 heteroatoms. The van der Waals surface area contributed by atoms with Gasteiger partial charge in [-0.2, -0.15) is 5.10 Å². The molecular formula is C13H24N2O. The molecule has 0 bridgehead atoms. The summed E-state index contributed by atoms with van der Waals surface area (Å²) in [5.74, 6) is 0. The summed E-state index contributed by atoms with van der Waals surface area (Å²) in [5, 5.41) is 14.1. The molecule has 0 saturated heterocycles. The zero-order valence-electron chi connectivity index (χ0n) is 10.5. The molecule has 1 aromatic heterocycles. The highest BCUT2D eigenvalue weighted by molar-refractivity contribution is 5.02. The van der Waals surface area contributed by atoms with E-state index in [9.17, 15) is 5.11 Å². The first-order chi connectivity index (χ1) is 7.74. The second kappa shape index (κ2) is 7.44. The Morgan fingerprint density at radius 2 is 1.94 bits per heavy atom. The lowest BCUT2D eigenvalue weighted by Gasteiger charge is -2.07. The van der Waals surface area contributed by atoms with Crippen molar-refractivity contribution in [1.29, 1.82) is 0 Å². The van der Waals surface area contributed by atoms with Crippen LogP contribution in [0.3, 0.4) is 0 Å². The summed E-state index contributed by atoms with van der Waals surface area (Å²) in [6.45, 7) is 2.23. The zero-order valence-corrected chi connectivity index (χ0v) is 10.5. The monoisotopic (exact) mass is 224 g/mol. The highest BCUT2D eigenvalue weighted by Gasteiger charge is 2.09. The summed E-state index contributed by atoms with van der Waals surface area (Å²) >= 11 is 0. The largest absolute Gasteiger partial charge is 0.387 e. The molecule has 0 saturated carbocycles. The Bertz CT molecular complexity index is 283. The number of hydrogen-bond acceptors (Lipinski definition) is 2. The van der Waals surface area contributed by atoms with E-state index in [1.165, 1.54) is 32.1 Å². The lowest BCUT2D eigenvalue weighted by Crippen LogP contribution is -2.00. The van der Waals surface area contributed by atoms with Crippen LogP contribution in [0.5, 0.6) is 0 Å². The first kappa shape index (κ1) is 13.2. The fraction of sp³-hybridized carbons (Fsp3) is 0.769. The number of hydrogen-bond donors (Lipinski definition) is 1. The predicted octanol–water partition coefficient (Wildman–Crippen LogP) is 3.20. The lowest BCUT2D eigenvalue weighted by molar-refractivity contribution is 0.158. The van der Waals surface area contributed by atoms with Gasteiger partial charge in [-0.05, 0) is 12.5 Å². The second-order valence-electron chi connectivity index (χ2n) is 4.49. The highest BCUT2D eigenvalue weighted by atomic mass is 16.3. The van der Waals surface area contributed by atoms with E-state index in [0.29, 0.717) is 0 Å². The van der Waals surface area contributed by atoms with Gasteiger partial charge in [0.15, 0.2) is 0 Å². The van der Waals surface area contributed by atoms with Gasteiger partial charge in [0.05, 0.1) is 11.8 Å². The van der Waals surface area contributed by atoms with Crippen molar-refractivity contribution in [2.45, 2.75) is 58.0 Å². The van der Waals surface area contributed by atoms with E-state index in [2.05, 4.69) is 12.0 Å². The Hall–Kier alpha value is -0.830. The maximum absolute atomic E-state index is 9.86. The first-order valence-electron chi connectivity index (χ1n) is 6.41. The van der Waals surface area contributed by atoms with Gasteiger partial charge < -0.3 is 5.11 Å². The van der Waals surface area contributed by atoms with E-state index in [1.807, 2.05) is 19.3 Å². The average Bonchev–Trinajstić information content (AvgIpc) is 2.70. The number of aliphatic hydroxyl groups excluding tert-OH is 1. The van der Waals surface area contributed by atoms with E-state index in [-0.39, 0.29) is 6.10 Å². The van der Waals surface area contributed by atoms with Crippen LogP contribution >= 0.6 is 0 Å². The van der Waals surface area contributed by atoms with Gasteiger partial charge in [-0.3, -0.25) is 4.68 Å². The molecule has 1 rings (SSSR count). The normalized spacial score (nSPS) is 12.9. The molecule has 1 atom stereocenters. The van der Waals surface area contributed by atoms with Gasteiger partial charge in [0.2, 0.25) is 0 Å². The summed E-state index contributed by atoms with van der Waals surface area (Å²) < 4.78 is 1.74. The summed E-state index contributed by atoms with van der Waals surface area (Å²) in [5.41, 5.74) is 0.802. The van der Waals surface area contributed by atoms with Crippen LogP contribution in [-0.2, 0) is 7.05 Å². The van der Waals surface area contributed by atoms with Crippen molar-refractivity contribution in [3.8, 4) is 0 Å². The molecule has 3 nitrogen and oxygen atoms in total. The van der Waals surface area contributed by atoms with Gasteiger partial charge in [0, 0.05) is 13.2 Å². The van der Waals surface area contributed by atoms with E-state index >= 15 is 0 Å². The summed E-state index contributed by atoms with van der Waals surface area (Å²) in [6.07, 6.45) is 9.90. The highest BCUT2D eigenvalue weighted by Crippen LogP contribution is 2.18. The van der Waals surface area contributed by atoms with Crippen LogP contribution in [0.25, 0.3) is 0 Å². The quantitative estimate of drug-likeness (QED) is 0.689. The maximum Gasteiger partial charge on any atom is 0.0978 e. The molecule has 1 heterocycles. The molecule has 0 aliphatic carbocycles. The second-order valence-corrected chi connectivity index (χ2v) is 4.49. The molecule has 0 aliphatic rings. The van der Waals surface area contributed by atoms with Crippen LogP contribution in [0.1, 0.15) is 63.7 Å². The van der Waals surface area contributed by atoms with Crippen molar-refractivity contribution in [2.75, 3.05) is 0 Å². The number of unbranched alkanes of at least 4 members (excludes halogenated alkanes) is 5. The number of aliphatic hydroxyl groups is 1. The molecule has 0 aromatic carbocycles. The van der Waals surface area contributed by atoms with Crippen molar-refractivity contribution < 1.29 is 5.11 Å².